The molecule has 5 aromatic carbocycles. The number of hydrogen-bond donors (Lipinski definition) is 1. The molecule has 0 radical (unpaired) electrons. The van der Waals surface area contributed by atoms with E-state index in [0.29, 0.717) is 52.7 Å². The molecule has 4 heterocycles. The average Bonchev–Trinajstić information content (AvgIpc) is 3.64. The topological polar surface area (TPSA) is 109 Å². The smallest absolute Gasteiger partial charge is 0.266 e. The summed E-state index contributed by atoms with van der Waals surface area (Å²) in [5, 5.41) is 11.7. The van der Waals surface area contributed by atoms with Crippen LogP contribution in [0.1, 0.15) is 40.4 Å². The zero-order chi connectivity index (χ0) is 41.9. The number of amides is 3. The Hall–Kier alpha value is -6.01. The van der Waals surface area contributed by atoms with E-state index in [1.807, 2.05) is 84.9 Å². The van der Waals surface area contributed by atoms with Crippen molar-refractivity contribution in [1.29, 1.82) is 0 Å². The zero-order valence-corrected chi connectivity index (χ0v) is 35.3. The quantitative estimate of drug-likeness (QED) is 0.119. The lowest BCUT2D eigenvalue weighted by Crippen LogP contribution is -2.52. The maximum absolute atomic E-state index is 15.3. The van der Waals surface area contributed by atoms with Gasteiger partial charge in [0, 0.05) is 30.3 Å². The lowest BCUT2D eigenvalue weighted by molar-refractivity contribution is -0.150. The van der Waals surface area contributed by atoms with E-state index in [9.17, 15) is 14.7 Å². The van der Waals surface area contributed by atoms with E-state index in [1.165, 1.54) is 0 Å². The monoisotopic (exact) mass is 819 g/mol. The molecule has 0 unspecified atom stereocenters. The average molecular weight is 820 g/mol. The molecule has 60 heavy (non-hydrogen) atoms. The van der Waals surface area contributed by atoms with Crippen molar-refractivity contribution in [3.8, 4) is 17.2 Å². The van der Waals surface area contributed by atoms with E-state index in [-0.39, 0.29) is 48.9 Å². The maximum atomic E-state index is 15.3. The summed E-state index contributed by atoms with van der Waals surface area (Å²) in [6, 6.07) is 36.1. The molecule has 9 rings (SSSR count). The van der Waals surface area contributed by atoms with Crippen molar-refractivity contribution in [3.05, 3.63) is 150 Å². The Kier molecular flexibility index (Phi) is 10.0. The van der Waals surface area contributed by atoms with E-state index in [0.717, 1.165) is 22.1 Å². The standard InChI is InChI=1S/C49H49N3O7Si/c1-6-25-50-40-24-19-34(52-41-16-10-12-18-43(41)58-42-17-11-9-15-38(42)47(52)55)27-39(40)49(48(50)56)31(2)46(60(4,5)37-22-20-36(57-3)21-23-37)44(59-49)28-45(54)51-29-33-14-8-7-13-32(33)26-35(51)30-53/h6-24,27,31,35,44,46,53H,1,25-26,28-30H2,2-5H3/t31-,35-,44+,46-,49+/m0/s1. The Balaban J connectivity index is 1.18. The molecule has 0 aromatic heterocycles. The van der Waals surface area contributed by atoms with Crippen LogP contribution in [0.3, 0.4) is 0 Å². The lowest BCUT2D eigenvalue weighted by atomic mass is 9.82. The minimum Gasteiger partial charge on any atom is -0.497 e. The predicted molar refractivity (Wildman–Crippen MR) is 234 cm³/mol. The van der Waals surface area contributed by atoms with E-state index >= 15 is 4.79 Å². The predicted octanol–water partition coefficient (Wildman–Crippen LogP) is 7.86. The van der Waals surface area contributed by atoms with Gasteiger partial charge in [-0.15, -0.1) is 6.58 Å². The van der Waals surface area contributed by atoms with Gasteiger partial charge in [-0.3, -0.25) is 19.3 Å². The van der Waals surface area contributed by atoms with Gasteiger partial charge in [-0.2, -0.15) is 0 Å². The van der Waals surface area contributed by atoms with Crippen molar-refractivity contribution < 1.29 is 33.7 Å². The molecular weight excluding hydrogens is 771 g/mol. The molecule has 10 nitrogen and oxygen atoms in total. The third-order valence-electron chi connectivity index (χ3n) is 13.3. The number of nitrogens with zero attached hydrogens (tertiary/aromatic N) is 3. The molecule has 5 atom stereocenters. The second-order valence-electron chi connectivity index (χ2n) is 16.8. The zero-order valence-electron chi connectivity index (χ0n) is 34.3. The number of rotatable bonds is 9. The maximum Gasteiger partial charge on any atom is 0.266 e. The fourth-order valence-electron chi connectivity index (χ4n) is 10.3. The fraction of sp³-hybridized carbons (Fsp3) is 0.286. The van der Waals surface area contributed by atoms with Crippen LogP contribution < -0.4 is 24.5 Å². The molecular formula is C49H49N3O7Si. The van der Waals surface area contributed by atoms with E-state index < -0.39 is 25.7 Å². The van der Waals surface area contributed by atoms with Gasteiger partial charge in [0.2, 0.25) is 5.91 Å². The van der Waals surface area contributed by atoms with Crippen LogP contribution in [-0.2, 0) is 32.9 Å². The van der Waals surface area contributed by atoms with Crippen molar-refractivity contribution in [1.82, 2.24) is 4.90 Å². The number of aliphatic hydroxyl groups excluding tert-OH is 1. The van der Waals surface area contributed by atoms with Crippen LogP contribution in [0.15, 0.2) is 128 Å². The molecule has 5 aromatic rings. The number of hydrogen-bond acceptors (Lipinski definition) is 7. The van der Waals surface area contributed by atoms with E-state index in [4.69, 9.17) is 14.2 Å². The second-order valence-corrected chi connectivity index (χ2v) is 21.5. The van der Waals surface area contributed by atoms with Gasteiger partial charge in [-0.25, -0.2) is 0 Å². The first kappa shape index (κ1) is 39.4. The van der Waals surface area contributed by atoms with Gasteiger partial charge in [0.25, 0.3) is 11.8 Å². The number of benzene rings is 5. The summed E-state index contributed by atoms with van der Waals surface area (Å²) in [7, 11) is -0.972. The van der Waals surface area contributed by atoms with Crippen LogP contribution >= 0.6 is 0 Å². The van der Waals surface area contributed by atoms with Crippen LogP contribution in [0.5, 0.6) is 17.2 Å². The minimum atomic E-state index is -2.62. The van der Waals surface area contributed by atoms with E-state index in [1.54, 1.807) is 40.0 Å². The number of ether oxygens (including phenoxy) is 3. The van der Waals surface area contributed by atoms with Crippen LogP contribution in [-0.4, -0.2) is 68.2 Å². The third kappa shape index (κ3) is 6.17. The summed E-state index contributed by atoms with van der Waals surface area (Å²) in [4.78, 5) is 49.8. The number of aliphatic hydroxyl groups is 1. The van der Waals surface area contributed by atoms with Crippen molar-refractivity contribution >= 4 is 48.0 Å². The summed E-state index contributed by atoms with van der Waals surface area (Å²) < 4.78 is 19.2. The highest BCUT2D eigenvalue weighted by molar-refractivity contribution is 6.91. The molecule has 1 N–H and O–H groups in total. The number of fused-ring (bicyclic) bond motifs is 5. The number of carbonyl (C=O) groups excluding carboxylic acids is 3. The van der Waals surface area contributed by atoms with Crippen LogP contribution in [0, 0.1) is 5.92 Å². The summed E-state index contributed by atoms with van der Waals surface area (Å²) in [6.07, 6.45) is 1.63. The molecule has 1 saturated heterocycles. The highest BCUT2D eigenvalue weighted by Crippen LogP contribution is 2.61. The van der Waals surface area contributed by atoms with E-state index in [2.05, 4.69) is 44.8 Å². The minimum absolute atomic E-state index is 0.0257. The second kappa shape index (κ2) is 15.2. The van der Waals surface area contributed by atoms with Gasteiger partial charge in [-0.1, -0.05) is 91.9 Å². The van der Waals surface area contributed by atoms with Crippen LogP contribution in [0.4, 0.5) is 17.1 Å². The van der Waals surface area contributed by atoms with Gasteiger partial charge in [0.15, 0.2) is 11.4 Å². The molecule has 3 amide bonds. The van der Waals surface area contributed by atoms with Gasteiger partial charge < -0.3 is 29.1 Å². The molecule has 0 saturated carbocycles. The first-order valence-corrected chi connectivity index (χ1v) is 23.7. The fourth-order valence-corrected chi connectivity index (χ4v) is 14.4. The molecule has 306 valence electrons. The molecule has 1 fully saturated rings. The highest BCUT2D eigenvalue weighted by Gasteiger charge is 2.66. The van der Waals surface area contributed by atoms with Gasteiger partial charge >= 0.3 is 0 Å². The molecule has 0 aliphatic carbocycles. The summed E-state index contributed by atoms with van der Waals surface area (Å²) >= 11 is 0. The molecule has 4 aliphatic heterocycles. The van der Waals surface area contributed by atoms with Crippen LogP contribution in [0.2, 0.25) is 18.6 Å². The normalized spacial score (nSPS) is 23.1. The summed E-state index contributed by atoms with van der Waals surface area (Å²) in [5.41, 5.74) is 3.31. The van der Waals surface area contributed by atoms with Gasteiger partial charge in [-0.05, 0) is 77.7 Å². The number of methoxy groups -OCH3 is 1. The lowest BCUT2D eigenvalue weighted by Gasteiger charge is -2.39. The number of para-hydroxylation sites is 3. The summed E-state index contributed by atoms with van der Waals surface area (Å²) in [5.74, 6) is 0.696. The van der Waals surface area contributed by atoms with Crippen molar-refractivity contribution in [2.45, 2.75) is 62.7 Å². The van der Waals surface area contributed by atoms with Crippen molar-refractivity contribution in [3.63, 3.8) is 0 Å². The van der Waals surface area contributed by atoms with Gasteiger partial charge in [0.1, 0.15) is 11.5 Å². The SMILES string of the molecule is C=CCN1C(=O)[C@]2(O[C@H](CC(=O)N3Cc4ccccc4C[C@H]3CO)[C@@H]([Si](C)(C)c3ccc(OC)cc3)[C@@H]2C)c2cc(N3C(=O)c4ccccc4Oc4ccccc43)ccc21. The Morgan fingerprint density at radius 1 is 0.917 bits per heavy atom. The van der Waals surface area contributed by atoms with Crippen LogP contribution in [0.25, 0.3) is 0 Å². The molecule has 0 bridgehead atoms. The van der Waals surface area contributed by atoms with Crippen molar-refractivity contribution in [2.24, 2.45) is 5.92 Å². The molecule has 4 aliphatic rings. The Bertz CT molecular complexity index is 2520. The Morgan fingerprint density at radius 3 is 2.35 bits per heavy atom. The Labute approximate surface area is 351 Å². The number of carbonyl (C=O) groups is 3. The number of anilines is 3. The first-order chi connectivity index (χ1) is 29.0. The summed E-state index contributed by atoms with van der Waals surface area (Å²) in [6.45, 7) is 11.1. The molecule has 11 heteroatoms. The Morgan fingerprint density at radius 2 is 1.62 bits per heavy atom. The molecule has 1 spiro atoms. The first-order valence-electron chi connectivity index (χ1n) is 20.6. The largest absolute Gasteiger partial charge is 0.497 e. The third-order valence-corrected chi connectivity index (χ3v) is 17.7. The highest BCUT2D eigenvalue weighted by atomic mass is 28.3. The van der Waals surface area contributed by atoms with Gasteiger partial charge in [0.05, 0.1) is 57.3 Å². The van der Waals surface area contributed by atoms with Crippen molar-refractivity contribution in [2.75, 3.05) is 30.1 Å².